The van der Waals surface area contributed by atoms with Crippen molar-refractivity contribution in [1.82, 2.24) is 5.32 Å². The molecule has 1 amide bonds. The fourth-order valence-electron chi connectivity index (χ4n) is 2.24. The Hall–Kier alpha value is -1.33. The summed E-state index contributed by atoms with van der Waals surface area (Å²) in [5.74, 6) is 0.132. The molecule has 1 aromatic rings. The fraction of sp³-hybridized carbons (Fsp3) is 0.588. The highest BCUT2D eigenvalue weighted by Gasteiger charge is 2.38. The maximum atomic E-state index is 11.8. The molecule has 1 saturated carbocycles. The maximum Gasteiger partial charge on any atom is 0.224 e. The van der Waals surface area contributed by atoms with Crippen molar-refractivity contribution in [2.45, 2.75) is 52.6 Å². The highest BCUT2D eigenvalue weighted by Crippen LogP contribution is 2.47. The number of anilines is 1. The Morgan fingerprint density at radius 3 is 2.86 bits per heavy atom. The Morgan fingerprint density at radius 1 is 1.45 bits per heavy atom. The van der Waals surface area contributed by atoms with Gasteiger partial charge in [-0.25, -0.2) is 0 Å². The van der Waals surface area contributed by atoms with Crippen LogP contribution in [0.15, 0.2) is 23.9 Å². The average molecular weight is 322 g/mol. The summed E-state index contributed by atoms with van der Waals surface area (Å²) in [5, 5.41) is 16.4. The number of aliphatic hydroxyl groups excluding tert-OH is 1. The number of hydrogen-bond acceptors (Lipinski definition) is 4. The van der Waals surface area contributed by atoms with Gasteiger partial charge in [0.2, 0.25) is 5.91 Å². The highest BCUT2D eigenvalue weighted by atomic mass is 32.1. The van der Waals surface area contributed by atoms with Crippen LogP contribution in [0.4, 0.5) is 5.00 Å². The number of allylic oxidation sites excluding steroid dienone is 1. The normalized spacial score (nSPS) is 16.4. The summed E-state index contributed by atoms with van der Waals surface area (Å²) in [4.78, 5) is 12.7. The van der Waals surface area contributed by atoms with Crippen molar-refractivity contribution in [3.05, 3.63) is 28.8 Å². The topological polar surface area (TPSA) is 61.4 Å². The van der Waals surface area contributed by atoms with Gasteiger partial charge in [0.25, 0.3) is 0 Å². The van der Waals surface area contributed by atoms with Crippen LogP contribution in [0.3, 0.4) is 0 Å². The molecule has 122 valence electrons. The van der Waals surface area contributed by atoms with Crippen LogP contribution in [-0.4, -0.2) is 17.6 Å². The standard InChI is InChI=1S/C17H26N2O2S/c1-13(11-19-15(21)10-17(2)7-8-17)4-3-9-18-16-6-5-14(12-20)22-16/h5-6,11,18,20H,3-4,7-10,12H2,1-2H3,(H,19,21)/b13-11+. The molecule has 22 heavy (non-hydrogen) atoms. The average Bonchev–Trinajstić information content (AvgIpc) is 3.03. The van der Waals surface area contributed by atoms with E-state index in [1.54, 1.807) is 11.3 Å². The Balaban J connectivity index is 1.59. The van der Waals surface area contributed by atoms with Gasteiger partial charge in [-0.2, -0.15) is 0 Å². The zero-order valence-corrected chi connectivity index (χ0v) is 14.3. The molecule has 3 N–H and O–H groups in total. The van der Waals surface area contributed by atoms with Gasteiger partial charge in [-0.1, -0.05) is 12.5 Å². The van der Waals surface area contributed by atoms with Gasteiger partial charge in [0, 0.05) is 24.0 Å². The van der Waals surface area contributed by atoms with E-state index in [0.717, 1.165) is 29.3 Å². The van der Waals surface area contributed by atoms with E-state index in [9.17, 15) is 4.79 Å². The second-order valence-electron chi connectivity index (χ2n) is 6.50. The van der Waals surface area contributed by atoms with Crippen LogP contribution in [0.25, 0.3) is 0 Å². The number of aliphatic hydroxyl groups is 1. The lowest BCUT2D eigenvalue weighted by Crippen LogP contribution is -2.20. The van der Waals surface area contributed by atoms with E-state index >= 15 is 0 Å². The zero-order valence-electron chi connectivity index (χ0n) is 13.4. The Labute approximate surface area is 136 Å². The van der Waals surface area contributed by atoms with E-state index in [0.29, 0.717) is 6.42 Å². The summed E-state index contributed by atoms with van der Waals surface area (Å²) in [6.07, 6.45) is 6.82. The minimum Gasteiger partial charge on any atom is -0.391 e. The van der Waals surface area contributed by atoms with Crippen molar-refractivity contribution in [1.29, 1.82) is 0 Å². The molecule has 1 heterocycles. The largest absolute Gasteiger partial charge is 0.391 e. The molecular formula is C17H26N2O2S. The molecule has 0 aromatic carbocycles. The monoisotopic (exact) mass is 322 g/mol. The molecule has 1 aromatic heterocycles. The lowest BCUT2D eigenvalue weighted by molar-refractivity contribution is -0.121. The van der Waals surface area contributed by atoms with Crippen molar-refractivity contribution < 1.29 is 9.90 Å². The summed E-state index contributed by atoms with van der Waals surface area (Å²) < 4.78 is 0. The number of amides is 1. The first-order valence-electron chi connectivity index (χ1n) is 7.89. The molecule has 1 aliphatic carbocycles. The van der Waals surface area contributed by atoms with Crippen LogP contribution in [0, 0.1) is 5.41 Å². The molecular weight excluding hydrogens is 296 g/mol. The van der Waals surface area contributed by atoms with Gasteiger partial charge in [0.1, 0.15) is 0 Å². The van der Waals surface area contributed by atoms with Crippen LogP contribution in [0.1, 0.15) is 50.8 Å². The van der Waals surface area contributed by atoms with Gasteiger partial charge in [0.15, 0.2) is 0 Å². The van der Waals surface area contributed by atoms with Crippen LogP contribution >= 0.6 is 11.3 Å². The van der Waals surface area contributed by atoms with Crippen LogP contribution in [0.2, 0.25) is 0 Å². The van der Waals surface area contributed by atoms with Gasteiger partial charge in [-0.05, 0) is 50.2 Å². The van der Waals surface area contributed by atoms with Gasteiger partial charge in [0.05, 0.1) is 11.6 Å². The van der Waals surface area contributed by atoms with E-state index in [1.807, 2.05) is 25.3 Å². The second-order valence-corrected chi connectivity index (χ2v) is 7.67. The molecule has 4 nitrogen and oxygen atoms in total. The van der Waals surface area contributed by atoms with Crippen molar-refractivity contribution >= 4 is 22.2 Å². The summed E-state index contributed by atoms with van der Waals surface area (Å²) >= 11 is 1.58. The van der Waals surface area contributed by atoms with Gasteiger partial charge in [-0.15, -0.1) is 11.3 Å². The number of carbonyl (C=O) groups excluding carboxylic acids is 1. The number of thiophene rings is 1. The van der Waals surface area contributed by atoms with Crippen LogP contribution < -0.4 is 10.6 Å². The van der Waals surface area contributed by atoms with E-state index in [-0.39, 0.29) is 17.9 Å². The number of rotatable bonds is 9. The molecule has 0 aliphatic heterocycles. The number of carbonyl (C=O) groups is 1. The Bertz CT molecular complexity index is 533. The molecule has 0 spiro atoms. The predicted octanol–water partition coefficient (Wildman–Crippen LogP) is 3.64. The first-order chi connectivity index (χ1) is 10.5. The fourth-order valence-corrected chi connectivity index (χ4v) is 3.03. The first-order valence-corrected chi connectivity index (χ1v) is 8.71. The quantitative estimate of drug-likeness (QED) is 0.608. The third-order valence-electron chi connectivity index (χ3n) is 4.04. The molecule has 0 unspecified atom stereocenters. The van der Waals surface area contributed by atoms with E-state index in [1.165, 1.54) is 18.4 Å². The molecule has 1 fully saturated rings. The smallest absolute Gasteiger partial charge is 0.224 e. The predicted molar refractivity (Wildman–Crippen MR) is 91.8 cm³/mol. The van der Waals surface area contributed by atoms with Crippen molar-refractivity contribution in [3.8, 4) is 0 Å². The molecule has 5 heteroatoms. The van der Waals surface area contributed by atoms with Gasteiger partial charge in [-0.3, -0.25) is 4.79 Å². The van der Waals surface area contributed by atoms with Crippen molar-refractivity contribution in [2.75, 3.05) is 11.9 Å². The van der Waals surface area contributed by atoms with Crippen LogP contribution in [-0.2, 0) is 11.4 Å². The summed E-state index contributed by atoms with van der Waals surface area (Å²) in [5.41, 5.74) is 1.46. The Morgan fingerprint density at radius 2 is 2.23 bits per heavy atom. The SMILES string of the molecule is C/C(=C\NC(=O)CC1(C)CC1)CCCNc1ccc(CO)s1. The lowest BCUT2D eigenvalue weighted by atomic mass is 10.1. The van der Waals surface area contributed by atoms with Crippen molar-refractivity contribution in [3.63, 3.8) is 0 Å². The zero-order chi connectivity index (χ0) is 16.0. The number of nitrogens with one attached hydrogen (secondary N) is 2. The number of hydrogen-bond donors (Lipinski definition) is 3. The van der Waals surface area contributed by atoms with E-state index in [2.05, 4.69) is 17.6 Å². The highest BCUT2D eigenvalue weighted by molar-refractivity contribution is 7.16. The second kappa shape index (κ2) is 7.79. The summed E-state index contributed by atoms with van der Waals surface area (Å²) in [6.45, 7) is 5.21. The first kappa shape index (κ1) is 17.0. The minimum absolute atomic E-state index is 0.104. The van der Waals surface area contributed by atoms with Crippen molar-refractivity contribution in [2.24, 2.45) is 5.41 Å². The molecule has 1 aliphatic rings. The molecule has 2 rings (SSSR count). The summed E-state index contributed by atoms with van der Waals surface area (Å²) in [7, 11) is 0. The summed E-state index contributed by atoms with van der Waals surface area (Å²) in [6, 6.07) is 3.94. The molecule has 0 atom stereocenters. The van der Waals surface area contributed by atoms with Crippen LogP contribution in [0.5, 0.6) is 0 Å². The lowest BCUT2D eigenvalue weighted by Gasteiger charge is -2.08. The molecule has 0 bridgehead atoms. The third-order valence-corrected chi connectivity index (χ3v) is 5.06. The van der Waals surface area contributed by atoms with Gasteiger partial charge >= 0.3 is 0 Å². The molecule has 0 radical (unpaired) electrons. The maximum absolute atomic E-state index is 11.8. The van der Waals surface area contributed by atoms with Gasteiger partial charge < -0.3 is 15.7 Å². The third kappa shape index (κ3) is 5.81. The Kier molecular flexibility index (Phi) is 6.03. The van der Waals surface area contributed by atoms with E-state index in [4.69, 9.17) is 5.11 Å². The molecule has 0 saturated heterocycles. The minimum atomic E-state index is 0.104. The van der Waals surface area contributed by atoms with E-state index < -0.39 is 0 Å².